The quantitative estimate of drug-likeness (QED) is 0.817. The summed E-state index contributed by atoms with van der Waals surface area (Å²) in [4.78, 5) is 2.36. The van der Waals surface area contributed by atoms with Gasteiger partial charge in [0.1, 0.15) is 0 Å². The molecule has 1 atom stereocenters. The molecule has 0 aliphatic heterocycles. The molecule has 0 saturated heterocycles. The molecule has 0 heterocycles. The van der Waals surface area contributed by atoms with Crippen LogP contribution in [0.25, 0.3) is 0 Å². The van der Waals surface area contributed by atoms with Gasteiger partial charge in [0.05, 0.1) is 0 Å². The Kier molecular flexibility index (Phi) is 3.41. The van der Waals surface area contributed by atoms with E-state index in [1.165, 1.54) is 12.8 Å². The van der Waals surface area contributed by atoms with Gasteiger partial charge in [-0.05, 0) is 56.5 Å². The van der Waals surface area contributed by atoms with Crippen molar-refractivity contribution in [1.82, 2.24) is 4.90 Å². The summed E-state index contributed by atoms with van der Waals surface area (Å²) in [7, 11) is 2.16. The summed E-state index contributed by atoms with van der Waals surface area (Å²) >= 11 is 6.16. The second-order valence-corrected chi connectivity index (χ2v) is 5.25. The lowest BCUT2D eigenvalue weighted by atomic mass is 10.1. The van der Waals surface area contributed by atoms with Crippen LogP contribution in [0.3, 0.4) is 0 Å². The van der Waals surface area contributed by atoms with Crippen LogP contribution in [0.15, 0.2) is 18.2 Å². The van der Waals surface area contributed by atoms with Gasteiger partial charge in [0.25, 0.3) is 0 Å². The van der Waals surface area contributed by atoms with Crippen molar-refractivity contribution in [3.05, 3.63) is 28.8 Å². The fraction of sp³-hybridized carbons (Fsp3) is 0.538. The van der Waals surface area contributed by atoms with Crippen LogP contribution in [-0.2, 0) is 6.54 Å². The maximum absolute atomic E-state index is 6.16. The van der Waals surface area contributed by atoms with Crippen molar-refractivity contribution >= 4 is 17.3 Å². The van der Waals surface area contributed by atoms with Crippen LogP contribution in [0.4, 0.5) is 5.69 Å². The van der Waals surface area contributed by atoms with Crippen molar-refractivity contribution in [3.63, 3.8) is 0 Å². The second kappa shape index (κ2) is 4.64. The Balaban J connectivity index is 2.04. The lowest BCUT2D eigenvalue weighted by Crippen LogP contribution is -2.30. The van der Waals surface area contributed by atoms with Gasteiger partial charge in [-0.1, -0.05) is 11.6 Å². The average Bonchev–Trinajstić information content (AvgIpc) is 3.06. The smallest absolute Gasteiger partial charge is 0.0452 e. The Hall–Kier alpha value is -0.730. The number of hydrogen-bond donors (Lipinski definition) is 1. The van der Waals surface area contributed by atoms with Gasteiger partial charge in [0.2, 0.25) is 0 Å². The van der Waals surface area contributed by atoms with Gasteiger partial charge in [-0.2, -0.15) is 0 Å². The van der Waals surface area contributed by atoms with E-state index in [0.717, 1.165) is 28.7 Å². The van der Waals surface area contributed by atoms with Crippen LogP contribution >= 0.6 is 11.6 Å². The molecular weight excluding hydrogens is 220 g/mol. The summed E-state index contributed by atoms with van der Waals surface area (Å²) < 4.78 is 0. The van der Waals surface area contributed by atoms with Crippen molar-refractivity contribution < 1.29 is 0 Å². The molecule has 2 N–H and O–H groups in total. The van der Waals surface area contributed by atoms with Gasteiger partial charge in [-0.15, -0.1) is 0 Å². The zero-order valence-electron chi connectivity index (χ0n) is 9.91. The molecule has 16 heavy (non-hydrogen) atoms. The summed E-state index contributed by atoms with van der Waals surface area (Å²) in [5.41, 5.74) is 7.68. The first-order valence-corrected chi connectivity index (χ1v) is 6.20. The molecule has 0 spiro atoms. The van der Waals surface area contributed by atoms with E-state index in [4.69, 9.17) is 17.3 Å². The van der Waals surface area contributed by atoms with Crippen LogP contribution < -0.4 is 5.73 Å². The lowest BCUT2D eigenvalue weighted by molar-refractivity contribution is 0.226. The highest BCUT2D eigenvalue weighted by molar-refractivity contribution is 6.31. The minimum atomic E-state index is 0.637. The third-order valence-corrected chi connectivity index (χ3v) is 3.86. The van der Waals surface area contributed by atoms with E-state index in [0.29, 0.717) is 6.04 Å². The van der Waals surface area contributed by atoms with Crippen molar-refractivity contribution in [2.45, 2.75) is 32.4 Å². The Morgan fingerprint density at radius 3 is 2.81 bits per heavy atom. The maximum atomic E-state index is 6.16. The van der Waals surface area contributed by atoms with E-state index in [2.05, 4.69) is 18.9 Å². The number of nitrogen functional groups attached to an aromatic ring is 1. The molecule has 3 heteroatoms. The topological polar surface area (TPSA) is 29.3 Å². The molecule has 1 aromatic rings. The van der Waals surface area contributed by atoms with Crippen LogP contribution in [-0.4, -0.2) is 18.0 Å². The molecule has 1 saturated carbocycles. The highest BCUT2D eigenvalue weighted by Crippen LogP contribution is 2.35. The molecule has 1 aliphatic rings. The van der Waals surface area contributed by atoms with Gasteiger partial charge in [0, 0.05) is 23.3 Å². The minimum absolute atomic E-state index is 0.637. The predicted molar refractivity (Wildman–Crippen MR) is 69.5 cm³/mol. The highest BCUT2D eigenvalue weighted by atomic mass is 35.5. The number of nitrogens with zero attached hydrogens (tertiary/aromatic N) is 1. The molecule has 2 nitrogen and oxygen atoms in total. The Morgan fingerprint density at radius 1 is 1.50 bits per heavy atom. The SMILES string of the molecule is CC(C1CC1)N(C)Cc1cc(N)ccc1Cl. The molecule has 1 aromatic carbocycles. The lowest BCUT2D eigenvalue weighted by Gasteiger charge is -2.25. The molecule has 0 aromatic heterocycles. The van der Waals surface area contributed by atoms with E-state index in [9.17, 15) is 0 Å². The number of halogens is 1. The van der Waals surface area contributed by atoms with Gasteiger partial charge in [0.15, 0.2) is 0 Å². The summed E-state index contributed by atoms with van der Waals surface area (Å²) in [6.07, 6.45) is 2.74. The van der Waals surface area contributed by atoms with Crippen LogP contribution in [0.5, 0.6) is 0 Å². The van der Waals surface area contributed by atoms with Crippen LogP contribution in [0.1, 0.15) is 25.3 Å². The molecule has 88 valence electrons. The Morgan fingerprint density at radius 2 is 2.19 bits per heavy atom. The first kappa shape index (κ1) is 11.7. The van der Waals surface area contributed by atoms with Gasteiger partial charge in [-0.25, -0.2) is 0 Å². The standard InChI is InChI=1S/C13H19ClN2/c1-9(10-3-4-10)16(2)8-11-7-12(15)5-6-13(11)14/h5-7,9-10H,3-4,8,15H2,1-2H3. The van der Waals surface area contributed by atoms with Crippen molar-refractivity contribution in [2.24, 2.45) is 5.92 Å². The molecular formula is C13H19ClN2. The fourth-order valence-electron chi connectivity index (χ4n) is 2.07. The summed E-state index contributed by atoms with van der Waals surface area (Å²) in [6.45, 7) is 3.17. The fourth-order valence-corrected chi connectivity index (χ4v) is 2.24. The average molecular weight is 239 g/mol. The number of rotatable bonds is 4. The van der Waals surface area contributed by atoms with Gasteiger partial charge < -0.3 is 5.73 Å². The van der Waals surface area contributed by atoms with Crippen molar-refractivity contribution in [2.75, 3.05) is 12.8 Å². The third kappa shape index (κ3) is 2.69. The zero-order chi connectivity index (χ0) is 11.7. The summed E-state index contributed by atoms with van der Waals surface area (Å²) in [5, 5.41) is 0.809. The summed E-state index contributed by atoms with van der Waals surface area (Å²) in [5.74, 6) is 0.879. The monoisotopic (exact) mass is 238 g/mol. The van der Waals surface area contributed by atoms with Crippen molar-refractivity contribution in [3.8, 4) is 0 Å². The molecule has 0 bridgehead atoms. The zero-order valence-corrected chi connectivity index (χ0v) is 10.7. The molecule has 1 unspecified atom stereocenters. The Bertz CT molecular complexity index is 374. The molecule has 1 fully saturated rings. The molecule has 2 rings (SSSR count). The van der Waals surface area contributed by atoms with Crippen molar-refractivity contribution in [1.29, 1.82) is 0 Å². The van der Waals surface area contributed by atoms with E-state index in [1.807, 2.05) is 18.2 Å². The highest BCUT2D eigenvalue weighted by Gasteiger charge is 2.30. The molecule has 0 amide bonds. The largest absolute Gasteiger partial charge is 0.399 e. The number of nitrogens with two attached hydrogens (primary N) is 1. The normalized spacial score (nSPS) is 17.8. The molecule has 0 radical (unpaired) electrons. The first-order chi connectivity index (χ1) is 7.58. The van der Waals surface area contributed by atoms with Crippen LogP contribution in [0, 0.1) is 5.92 Å². The second-order valence-electron chi connectivity index (χ2n) is 4.84. The molecule has 1 aliphatic carbocycles. The van der Waals surface area contributed by atoms with E-state index < -0.39 is 0 Å². The maximum Gasteiger partial charge on any atom is 0.0452 e. The minimum Gasteiger partial charge on any atom is -0.399 e. The number of anilines is 1. The van der Waals surface area contributed by atoms with E-state index in [-0.39, 0.29) is 0 Å². The van der Waals surface area contributed by atoms with Gasteiger partial charge in [-0.3, -0.25) is 4.90 Å². The van der Waals surface area contributed by atoms with Gasteiger partial charge >= 0.3 is 0 Å². The summed E-state index contributed by atoms with van der Waals surface area (Å²) in [6, 6.07) is 6.33. The third-order valence-electron chi connectivity index (χ3n) is 3.49. The van der Waals surface area contributed by atoms with Crippen LogP contribution in [0.2, 0.25) is 5.02 Å². The number of hydrogen-bond acceptors (Lipinski definition) is 2. The van der Waals surface area contributed by atoms with E-state index >= 15 is 0 Å². The first-order valence-electron chi connectivity index (χ1n) is 5.82. The Labute approximate surface area is 102 Å². The van der Waals surface area contributed by atoms with E-state index in [1.54, 1.807) is 0 Å². The predicted octanol–water partition coefficient (Wildman–Crippen LogP) is 3.15. The number of benzene rings is 1.